The number of carbonyl (C=O) groups is 3. The van der Waals surface area contributed by atoms with E-state index < -0.39 is 16.8 Å². The second kappa shape index (κ2) is 13.7. The number of amides is 2. The molecular formula is C47H44Cl2N2O6. The first-order chi connectivity index (χ1) is 26.9. The maximum Gasteiger partial charge on any atom is 0.335 e. The van der Waals surface area contributed by atoms with E-state index in [4.69, 9.17) is 32.7 Å². The Balaban J connectivity index is 0.000000168. The van der Waals surface area contributed by atoms with Gasteiger partial charge in [-0.15, -0.1) is 0 Å². The van der Waals surface area contributed by atoms with Crippen LogP contribution in [0.5, 0.6) is 11.5 Å². The molecular weight excluding hydrogens is 759 g/mol. The summed E-state index contributed by atoms with van der Waals surface area (Å²) in [6.07, 6.45) is 3.68. The van der Waals surface area contributed by atoms with Gasteiger partial charge >= 0.3 is 5.97 Å². The van der Waals surface area contributed by atoms with Crippen LogP contribution in [-0.2, 0) is 33.3 Å². The summed E-state index contributed by atoms with van der Waals surface area (Å²) in [7, 11) is 0. The van der Waals surface area contributed by atoms with Gasteiger partial charge in [0.25, 0.3) is 0 Å². The van der Waals surface area contributed by atoms with Gasteiger partial charge in [0.2, 0.25) is 11.8 Å². The number of rotatable bonds is 4. The van der Waals surface area contributed by atoms with Crippen molar-refractivity contribution in [3.05, 3.63) is 146 Å². The van der Waals surface area contributed by atoms with E-state index in [0.717, 1.165) is 76.3 Å². The van der Waals surface area contributed by atoms with Crippen molar-refractivity contribution in [2.75, 3.05) is 10.2 Å². The van der Waals surface area contributed by atoms with Crippen LogP contribution in [0.15, 0.2) is 97.1 Å². The summed E-state index contributed by atoms with van der Waals surface area (Å²) in [5, 5.41) is 13.6. The molecule has 0 spiro atoms. The van der Waals surface area contributed by atoms with Crippen molar-refractivity contribution in [1.82, 2.24) is 0 Å². The summed E-state index contributed by atoms with van der Waals surface area (Å²) < 4.78 is 12.2. The molecule has 2 amide bonds. The monoisotopic (exact) mass is 802 g/mol. The summed E-state index contributed by atoms with van der Waals surface area (Å²) >= 11 is 12.5. The maximum atomic E-state index is 14.1. The number of hydrogen-bond donors (Lipinski definition) is 2. The van der Waals surface area contributed by atoms with Gasteiger partial charge in [-0.05, 0) is 167 Å². The Kier molecular flexibility index (Phi) is 9.25. The molecule has 57 heavy (non-hydrogen) atoms. The van der Waals surface area contributed by atoms with E-state index in [1.165, 1.54) is 12.1 Å². The van der Waals surface area contributed by atoms with Crippen molar-refractivity contribution in [2.45, 2.75) is 89.3 Å². The lowest BCUT2D eigenvalue weighted by molar-refractivity contribution is -0.121. The van der Waals surface area contributed by atoms with E-state index in [-0.39, 0.29) is 28.6 Å². The highest BCUT2D eigenvalue weighted by atomic mass is 35.5. The Morgan fingerprint density at radius 3 is 1.84 bits per heavy atom. The van der Waals surface area contributed by atoms with Gasteiger partial charge in [0, 0.05) is 21.4 Å². The molecule has 0 aromatic heterocycles. The minimum absolute atomic E-state index is 0.0169. The second-order valence-corrected chi connectivity index (χ2v) is 17.8. The summed E-state index contributed by atoms with van der Waals surface area (Å²) in [5.41, 5.74) is 5.89. The molecule has 0 saturated heterocycles. The third-order valence-electron chi connectivity index (χ3n) is 12.0. The third kappa shape index (κ3) is 6.62. The van der Waals surface area contributed by atoms with E-state index in [1.54, 1.807) is 29.2 Å². The molecule has 2 N–H and O–H groups in total. The molecule has 0 bridgehead atoms. The number of hydrogen-bond acceptors (Lipinski definition) is 5. The summed E-state index contributed by atoms with van der Waals surface area (Å²) in [5.74, 6) is 0.556. The Morgan fingerprint density at radius 2 is 1.25 bits per heavy atom. The average Bonchev–Trinajstić information content (AvgIpc) is 3.55. The molecule has 5 aromatic rings. The number of nitrogens with zero attached hydrogens (tertiary/aromatic N) is 1. The smallest absolute Gasteiger partial charge is 0.335 e. The Hall–Kier alpha value is -5.31. The Bertz CT molecular complexity index is 2510. The lowest BCUT2D eigenvalue weighted by Crippen LogP contribution is -2.37. The molecule has 4 heterocycles. The fourth-order valence-corrected chi connectivity index (χ4v) is 8.84. The molecule has 8 nitrogen and oxygen atoms in total. The van der Waals surface area contributed by atoms with Gasteiger partial charge in [-0.25, -0.2) is 4.79 Å². The maximum absolute atomic E-state index is 14.1. The van der Waals surface area contributed by atoms with Crippen molar-refractivity contribution in [3.8, 4) is 11.5 Å². The molecule has 10 heteroatoms. The Morgan fingerprint density at radius 1 is 0.684 bits per heavy atom. The van der Waals surface area contributed by atoms with E-state index in [0.29, 0.717) is 21.4 Å². The number of ether oxygens (including phenoxy) is 2. The van der Waals surface area contributed by atoms with Crippen LogP contribution in [0.25, 0.3) is 0 Å². The standard InChI is InChI=1S/C27H24ClNO4.C20H20ClNO2/c1-26(2)12-11-16-13-18(7-10-23(16)33-26)27(3)21-15-19(28)8-9-22(21)29(25(27)32)20-6-4-5-17(14-20)24(30)31;1-19(2)9-8-12-10-13(4-7-17(12)24-19)20(3)15-11-14(21)5-6-16(15)22-18(20)23/h4-10,13-15H,11-12H2,1-3H3,(H,30,31);4-7,10-11H,8-9H2,1-3H3,(H,22,23)/t27-;20-/m00/s1. The van der Waals surface area contributed by atoms with E-state index in [9.17, 15) is 19.5 Å². The number of halogens is 2. The van der Waals surface area contributed by atoms with E-state index in [2.05, 4.69) is 45.1 Å². The first kappa shape index (κ1) is 38.6. The lowest BCUT2D eigenvalue weighted by atomic mass is 9.76. The quantitative estimate of drug-likeness (QED) is 0.187. The molecule has 0 aliphatic carbocycles. The van der Waals surface area contributed by atoms with Crippen LogP contribution in [-0.4, -0.2) is 34.1 Å². The minimum atomic E-state index is -1.04. The van der Waals surface area contributed by atoms with Crippen molar-refractivity contribution in [1.29, 1.82) is 0 Å². The van der Waals surface area contributed by atoms with Crippen molar-refractivity contribution < 1.29 is 29.0 Å². The van der Waals surface area contributed by atoms with Gasteiger partial charge in [-0.1, -0.05) is 53.5 Å². The van der Waals surface area contributed by atoms with Crippen LogP contribution >= 0.6 is 23.2 Å². The number of anilines is 3. The largest absolute Gasteiger partial charge is 0.488 e. The molecule has 0 saturated carbocycles. The predicted molar refractivity (Wildman–Crippen MR) is 224 cm³/mol. The molecule has 5 aromatic carbocycles. The number of aryl methyl sites for hydroxylation is 2. The van der Waals surface area contributed by atoms with Crippen LogP contribution in [0.1, 0.15) is 98.1 Å². The number of nitrogens with one attached hydrogen (secondary N) is 1. The van der Waals surface area contributed by atoms with Crippen molar-refractivity contribution in [2.24, 2.45) is 0 Å². The van der Waals surface area contributed by atoms with Crippen LogP contribution in [0.3, 0.4) is 0 Å². The molecule has 9 rings (SSSR count). The summed E-state index contributed by atoms with van der Waals surface area (Å²) in [6.45, 7) is 12.2. The highest BCUT2D eigenvalue weighted by Gasteiger charge is 2.50. The number of fused-ring (bicyclic) bond motifs is 4. The van der Waals surface area contributed by atoms with Crippen LogP contribution < -0.4 is 19.7 Å². The summed E-state index contributed by atoms with van der Waals surface area (Å²) in [6, 6.07) is 29.4. The van der Waals surface area contributed by atoms with Crippen LogP contribution in [0.2, 0.25) is 10.0 Å². The normalized spacial score (nSPS) is 22.1. The minimum Gasteiger partial charge on any atom is -0.488 e. The van der Waals surface area contributed by atoms with Gasteiger partial charge in [-0.3, -0.25) is 14.5 Å². The molecule has 0 radical (unpaired) electrons. The van der Waals surface area contributed by atoms with E-state index in [1.807, 2.05) is 62.4 Å². The number of benzene rings is 5. The average molecular weight is 804 g/mol. The first-order valence-corrected chi connectivity index (χ1v) is 19.9. The number of carbonyl (C=O) groups excluding carboxylic acids is 2. The zero-order valence-electron chi connectivity index (χ0n) is 32.8. The van der Waals surface area contributed by atoms with Gasteiger partial charge in [0.1, 0.15) is 22.7 Å². The van der Waals surface area contributed by atoms with Crippen LogP contribution in [0, 0.1) is 0 Å². The van der Waals surface area contributed by atoms with Gasteiger partial charge < -0.3 is 19.9 Å². The second-order valence-electron chi connectivity index (χ2n) is 16.9. The topological polar surface area (TPSA) is 105 Å². The SMILES string of the molecule is CC1(C)CCc2cc([C@]3(C)C(=O)N(c4cccc(C(=O)O)c4)c4ccc(Cl)cc43)ccc2O1.CC1(C)CCc2cc([C@]3(C)C(=O)Nc4ccc(Cl)cc43)ccc2O1. The molecule has 0 fully saturated rings. The first-order valence-electron chi connectivity index (χ1n) is 19.1. The van der Waals surface area contributed by atoms with Gasteiger partial charge in [-0.2, -0.15) is 0 Å². The number of aromatic carboxylic acids is 1. The molecule has 2 atom stereocenters. The van der Waals surface area contributed by atoms with Crippen LogP contribution in [0.4, 0.5) is 17.1 Å². The lowest BCUT2D eigenvalue weighted by Gasteiger charge is -2.34. The number of carboxylic acids is 1. The van der Waals surface area contributed by atoms with Gasteiger partial charge in [0.05, 0.1) is 22.1 Å². The third-order valence-corrected chi connectivity index (χ3v) is 12.5. The predicted octanol–water partition coefficient (Wildman–Crippen LogP) is 10.8. The molecule has 292 valence electrons. The Labute approximate surface area is 342 Å². The molecule has 4 aliphatic rings. The fourth-order valence-electron chi connectivity index (χ4n) is 8.50. The zero-order valence-corrected chi connectivity index (χ0v) is 34.3. The fraction of sp³-hybridized carbons (Fsp3) is 0.298. The highest BCUT2D eigenvalue weighted by Crippen LogP contribution is 2.51. The zero-order chi connectivity index (χ0) is 40.7. The molecule has 4 aliphatic heterocycles. The molecule has 0 unspecified atom stereocenters. The van der Waals surface area contributed by atoms with Crippen molar-refractivity contribution >= 4 is 58.0 Å². The van der Waals surface area contributed by atoms with Gasteiger partial charge in [0.15, 0.2) is 0 Å². The number of carboxylic acid groups (broad SMARTS) is 1. The summed E-state index contributed by atoms with van der Waals surface area (Å²) in [4.78, 5) is 39.9. The highest BCUT2D eigenvalue weighted by molar-refractivity contribution is 6.31. The van der Waals surface area contributed by atoms with Crippen molar-refractivity contribution in [3.63, 3.8) is 0 Å². The van der Waals surface area contributed by atoms with E-state index >= 15 is 0 Å².